The number of nitrogens with one attached hydrogen (secondary N) is 1. The summed E-state index contributed by atoms with van der Waals surface area (Å²) in [5.41, 5.74) is 5.31. The zero-order valence-electron chi connectivity index (χ0n) is 10.9. The summed E-state index contributed by atoms with van der Waals surface area (Å²) < 4.78 is 45.3. The van der Waals surface area contributed by atoms with Gasteiger partial charge in [0.05, 0.1) is 23.5 Å². The van der Waals surface area contributed by atoms with Crippen LogP contribution in [0.3, 0.4) is 0 Å². The van der Waals surface area contributed by atoms with Gasteiger partial charge >= 0.3 is 0 Å². The number of halogens is 2. The first-order chi connectivity index (χ1) is 9.85. The summed E-state index contributed by atoms with van der Waals surface area (Å²) in [6.07, 6.45) is 0. The van der Waals surface area contributed by atoms with Crippen molar-refractivity contribution in [2.75, 3.05) is 17.6 Å². The second-order valence-corrected chi connectivity index (χ2v) is 6.17. The summed E-state index contributed by atoms with van der Waals surface area (Å²) in [6.45, 7) is 0. The average Bonchev–Trinajstić information content (AvgIpc) is 2.43. The van der Waals surface area contributed by atoms with E-state index in [1.54, 1.807) is 18.2 Å². The number of nitrogen functional groups attached to an aromatic ring is 1. The molecule has 0 atom stereocenters. The lowest BCUT2D eigenvalue weighted by atomic mass is 10.3. The average molecular weight is 331 g/mol. The molecule has 3 N–H and O–H groups in total. The third-order valence-electron chi connectivity index (χ3n) is 2.69. The molecular formula is C13H12ClFN2O3S. The van der Waals surface area contributed by atoms with E-state index in [0.717, 1.165) is 12.1 Å². The van der Waals surface area contributed by atoms with Crippen LogP contribution in [0, 0.1) is 5.82 Å². The first kappa shape index (κ1) is 15.4. The zero-order chi connectivity index (χ0) is 15.6. The van der Waals surface area contributed by atoms with E-state index in [1.807, 2.05) is 0 Å². The highest BCUT2D eigenvalue weighted by atomic mass is 35.5. The number of benzene rings is 2. The Hall–Kier alpha value is -1.99. The number of methoxy groups -OCH3 is 1. The molecule has 0 unspecified atom stereocenters. The van der Waals surface area contributed by atoms with Crippen LogP contribution >= 0.6 is 11.6 Å². The van der Waals surface area contributed by atoms with Crippen LogP contribution in [0.25, 0.3) is 0 Å². The van der Waals surface area contributed by atoms with Crippen LogP contribution < -0.4 is 15.2 Å². The normalized spacial score (nSPS) is 11.2. The highest BCUT2D eigenvalue weighted by Gasteiger charge is 2.21. The van der Waals surface area contributed by atoms with Crippen molar-refractivity contribution in [3.63, 3.8) is 0 Å². The molecule has 0 heterocycles. The van der Waals surface area contributed by atoms with Gasteiger partial charge in [-0.05, 0) is 24.3 Å². The van der Waals surface area contributed by atoms with Crippen LogP contribution in [0.2, 0.25) is 5.02 Å². The number of ether oxygens (including phenoxy) is 1. The van der Waals surface area contributed by atoms with Gasteiger partial charge in [0.1, 0.15) is 16.5 Å². The summed E-state index contributed by atoms with van der Waals surface area (Å²) in [5.74, 6) is -0.441. The Morgan fingerprint density at radius 2 is 1.95 bits per heavy atom. The van der Waals surface area contributed by atoms with Gasteiger partial charge in [-0.1, -0.05) is 23.7 Å². The van der Waals surface area contributed by atoms with Gasteiger partial charge in [-0.2, -0.15) is 0 Å². The highest BCUT2D eigenvalue weighted by molar-refractivity contribution is 7.92. The van der Waals surface area contributed by atoms with Gasteiger partial charge < -0.3 is 10.5 Å². The molecule has 0 saturated carbocycles. The molecule has 0 aliphatic heterocycles. The van der Waals surface area contributed by atoms with E-state index < -0.39 is 15.8 Å². The van der Waals surface area contributed by atoms with Gasteiger partial charge in [0.2, 0.25) is 0 Å². The van der Waals surface area contributed by atoms with Gasteiger partial charge in [-0.15, -0.1) is 0 Å². The number of rotatable bonds is 4. The number of sulfonamides is 1. The van der Waals surface area contributed by atoms with Gasteiger partial charge in [0, 0.05) is 0 Å². The summed E-state index contributed by atoms with van der Waals surface area (Å²) in [4.78, 5) is -0.311. The topological polar surface area (TPSA) is 81.4 Å². The monoisotopic (exact) mass is 330 g/mol. The lowest BCUT2D eigenvalue weighted by molar-refractivity contribution is 0.417. The summed E-state index contributed by atoms with van der Waals surface area (Å²) in [5, 5.41) is -0.260. The fourth-order valence-corrected chi connectivity index (χ4v) is 3.30. The van der Waals surface area contributed by atoms with Crippen LogP contribution in [-0.2, 0) is 10.0 Å². The van der Waals surface area contributed by atoms with Crippen molar-refractivity contribution in [1.29, 1.82) is 0 Å². The van der Waals surface area contributed by atoms with E-state index in [4.69, 9.17) is 22.1 Å². The Morgan fingerprint density at radius 3 is 2.62 bits per heavy atom. The number of hydrogen-bond donors (Lipinski definition) is 2. The third-order valence-corrected chi connectivity index (χ3v) is 4.52. The van der Waals surface area contributed by atoms with Crippen molar-refractivity contribution in [2.24, 2.45) is 0 Å². The number of anilines is 2. The molecule has 5 nitrogen and oxygen atoms in total. The minimum atomic E-state index is -4.02. The SMILES string of the molecule is COc1ccccc1NS(=O)(=O)c1cc(N)c(F)cc1Cl. The third kappa shape index (κ3) is 3.20. The standard InChI is InChI=1S/C13H12ClFN2O3S/c1-20-12-5-3-2-4-11(12)17-21(18,19)13-7-10(16)9(15)6-8(13)14/h2-7,17H,16H2,1H3. The van der Waals surface area contributed by atoms with Gasteiger partial charge in [0.25, 0.3) is 10.0 Å². The molecular weight excluding hydrogens is 319 g/mol. The molecule has 112 valence electrons. The van der Waals surface area contributed by atoms with E-state index in [2.05, 4.69) is 4.72 Å². The maximum atomic E-state index is 13.2. The van der Waals surface area contributed by atoms with Crippen molar-refractivity contribution < 1.29 is 17.5 Å². The number of nitrogens with two attached hydrogens (primary N) is 1. The molecule has 21 heavy (non-hydrogen) atoms. The minimum Gasteiger partial charge on any atom is -0.495 e. The maximum absolute atomic E-state index is 13.2. The molecule has 8 heteroatoms. The quantitative estimate of drug-likeness (QED) is 0.845. The largest absolute Gasteiger partial charge is 0.495 e. The van der Waals surface area contributed by atoms with Gasteiger partial charge in [-0.3, -0.25) is 4.72 Å². The molecule has 0 amide bonds. The Bertz CT molecular complexity index is 781. The molecule has 0 fully saturated rings. The first-order valence-electron chi connectivity index (χ1n) is 5.75. The van der Waals surface area contributed by atoms with Crippen molar-refractivity contribution in [2.45, 2.75) is 4.90 Å². The molecule has 0 saturated heterocycles. The van der Waals surface area contributed by atoms with Crippen molar-refractivity contribution in [1.82, 2.24) is 0 Å². The number of para-hydroxylation sites is 2. The Labute approximate surface area is 126 Å². The first-order valence-corrected chi connectivity index (χ1v) is 7.61. The molecule has 0 aromatic heterocycles. The fourth-order valence-electron chi connectivity index (χ4n) is 1.68. The molecule has 0 aliphatic rings. The van der Waals surface area contributed by atoms with Crippen LogP contribution in [-0.4, -0.2) is 15.5 Å². The predicted octanol–water partition coefficient (Wildman–Crippen LogP) is 2.87. The fraction of sp³-hybridized carbons (Fsp3) is 0.0769. The lowest BCUT2D eigenvalue weighted by Crippen LogP contribution is -2.14. The van der Waals surface area contributed by atoms with Crippen molar-refractivity contribution in [3.05, 3.63) is 47.2 Å². The predicted molar refractivity (Wildman–Crippen MR) is 79.6 cm³/mol. The maximum Gasteiger partial charge on any atom is 0.263 e. The van der Waals surface area contributed by atoms with E-state index in [1.165, 1.54) is 13.2 Å². The lowest BCUT2D eigenvalue weighted by Gasteiger charge is -2.13. The molecule has 2 aromatic rings. The summed E-state index contributed by atoms with van der Waals surface area (Å²) in [6, 6.07) is 8.28. The van der Waals surface area contributed by atoms with E-state index in [9.17, 15) is 12.8 Å². The van der Waals surface area contributed by atoms with Crippen LogP contribution in [0.1, 0.15) is 0 Å². The Kier molecular flexibility index (Phi) is 4.24. The van der Waals surface area contributed by atoms with E-state index >= 15 is 0 Å². The highest BCUT2D eigenvalue weighted by Crippen LogP contribution is 2.30. The molecule has 0 radical (unpaired) electrons. The van der Waals surface area contributed by atoms with E-state index in [0.29, 0.717) is 5.75 Å². The molecule has 0 aliphatic carbocycles. The minimum absolute atomic E-state index is 0.235. The zero-order valence-corrected chi connectivity index (χ0v) is 12.5. The summed E-state index contributed by atoms with van der Waals surface area (Å²) >= 11 is 5.78. The van der Waals surface area contributed by atoms with Crippen LogP contribution in [0.5, 0.6) is 5.75 Å². The smallest absolute Gasteiger partial charge is 0.263 e. The number of hydrogen-bond acceptors (Lipinski definition) is 4. The van der Waals surface area contributed by atoms with Crippen molar-refractivity contribution >= 4 is 33.0 Å². The summed E-state index contributed by atoms with van der Waals surface area (Å²) in [7, 11) is -2.61. The molecule has 0 spiro atoms. The Morgan fingerprint density at radius 1 is 1.29 bits per heavy atom. The van der Waals surface area contributed by atoms with Crippen LogP contribution in [0.15, 0.2) is 41.3 Å². The molecule has 0 bridgehead atoms. The molecule has 2 aromatic carbocycles. The van der Waals surface area contributed by atoms with Gasteiger partial charge in [-0.25, -0.2) is 12.8 Å². The Balaban J connectivity index is 2.46. The molecule has 2 rings (SSSR count). The van der Waals surface area contributed by atoms with E-state index in [-0.39, 0.29) is 21.3 Å². The second-order valence-electron chi connectivity index (χ2n) is 4.11. The van der Waals surface area contributed by atoms with Gasteiger partial charge in [0.15, 0.2) is 0 Å². The van der Waals surface area contributed by atoms with Crippen molar-refractivity contribution in [3.8, 4) is 5.75 Å². The van der Waals surface area contributed by atoms with Crippen LogP contribution in [0.4, 0.5) is 15.8 Å². The second kappa shape index (κ2) is 5.79.